The average Bonchev–Trinajstić information content (AvgIpc) is 3.35. The predicted molar refractivity (Wildman–Crippen MR) is 147 cm³/mol. The van der Waals surface area contributed by atoms with Crippen molar-refractivity contribution in [2.24, 2.45) is 0 Å². The molecular formula is C33H36N2O. The van der Waals surface area contributed by atoms with Crippen LogP contribution in [0.15, 0.2) is 103 Å². The normalized spacial score (nSPS) is 14.2. The summed E-state index contributed by atoms with van der Waals surface area (Å²) in [5.74, 6) is -0.0860. The summed E-state index contributed by atoms with van der Waals surface area (Å²) in [6, 6.07) is 33.8. The summed E-state index contributed by atoms with van der Waals surface area (Å²) in [4.78, 5) is 16.7. The summed E-state index contributed by atoms with van der Waals surface area (Å²) in [7, 11) is 0. The second-order valence-electron chi connectivity index (χ2n) is 10.1. The molecule has 184 valence electrons. The van der Waals surface area contributed by atoms with E-state index < -0.39 is 0 Å². The topological polar surface area (TPSA) is 25.2 Å². The Kier molecular flexibility index (Phi) is 7.66. The third-order valence-electron chi connectivity index (χ3n) is 7.50. The van der Waals surface area contributed by atoms with Crippen molar-refractivity contribution in [3.63, 3.8) is 0 Å². The molecule has 1 aromatic heterocycles. The van der Waals surface area contributed by atoms with Crippen LogP contribution >= 0.6 is 0 Å². The first-order valence-electron chi connectivity index (χ1n) is 13.3. The summed E-state index contributed by atoms with van der Waals surface area (Å²) in [5.41, 5.74) is 5.87. The van der Waals surface area contributed by atoms with Crippen molar-refractivity contribution in [1.29, 1.82) is 0 Å². The molecule has 1 amide bonds. The van der Waals surface area contributed by atoms with Crippen molar-refractivity contribution in [3.05, 3.63) is 131 Å². The van der Waals surface area contributed by atoms with Crippen LogP contribution in [0.3, 0.4) is 0 Å². The number of nitrogens with zero attached hydrogens (tertiary/aromatic N) is 2. The molecule has 3 heteroatoms. The Morgan fingerprint density at radius 1 is 0.833 bits per heavy atom. The second kappa shape index (κ2) is 11.4. The predicted octanol–water partition coefficient (Wildman–Crippen LogP) is 7.34. The van der Waals surface area contributed by atoms with Gasteiger partial charge in [0.25, 0.3) is 0 Å². The number of aromatic nitrogens is 1. The third-order valence-corrected chi connectivity index (χ3v) is 7.50. The fourth-order valence-electron chi connectivity index (χ4n) is 5.64. The lowest BCUT2D eigenvalue weighted by molar-refractivity contribution is -0.135. The summed E-state index contributed by atoms with van der Waals surface area (Å²) in [6.07, 6.45) is 7.97. The monoisotopic (exact) mass is 476 g/mol. The molecule has 1 heterocycles. The highest BCUT2D eigenvalue weighted by Crippen LogP contribution is 2.32. The highest BCUT2D eigenvalue weighted by Gasteiger charge is 2.33. The van der Waals surface area contributed by atoms with Gasteiger partial charge in [0.1, 0.15) is 0 Å². The Morgan fingerprint density at radius 2 is 1.50 bits per heavy atom. The number of hydrogen-bond donors (Lipinski definition) is 0. The molecule has 1 fully saturated rings. The van der Waals surface area contributed by atoms with E-state index >= 15 is 0 Å². The zero-order valence-corrected chi connectivity index (χ0v) is 21.2. The zero-order chi connectivity index (χ0) is 24.7. The smallest absolute Gasteiger partial charge is 0.235 e. The summed E-state index contributed by atoms with van der Waals surface area (Å²) < 4.78 is 2.30. The van der Waals surface area contributed by atoms with Gasteiger partial charge in [-0.15, -0.1) is 0 Å². The van der Waals surface area contributed by atoms with Gasteiger partial charge in [-0.25, -0.2) is 0 Å². The Hall–Kier alpha value is -3.59. The Balaban J connectivity index is 1.48. The van der Waals surface area contributed by atoms with Gasteiger partial charge in [-0.3, -0.25) is 4.79 Å². The number of rotatable bonds is 8. The van der Waals surface area contributed by atoms with Crippen molar-refractivity contribution >= 4 is 5.91 Å². The minimum absolute atomic E-state index is 0.211. The van der Waals surface area contributed by atoms with E-state index in [-0.39, 0.29) is 17.9 Å². The van der Waals surface area contributed by atoms with Gasteiger partial charge in [0.15, 0.2) is 0 Å². The van der Waals surface area contributed by atoms with Crippen LogP contribution in [0.25, 0.3) is 0 Å². The van der Waals surface area contributed by atoms with Gasteiger partial charge in [0.05, 0.1) is 12.5 Å². The first kappa shape index (κ1) is 24.1. The van der Waals surface area contributed by atoms with Crippen LogP contribution in [0.5, 0.6) is 0 Å². The zero-order valence-electron chi connectivity index (χ0n) is 21.2. The van der Waals surface area contributed by atoms with Crippen LogP contribution in [-0.2, 0) is 17.9 Å². The van der Waals surface area contributed by atoms with E-state index in [2.05, 4.69) is 83.3 Å². The van der Waals surface area contributed by atoms with Crippen LogP contribution in [0, 0.1) is 6.92 Å². The molecule has 1 saturated carbocycles. The third kappa shape index (κ3) is 5.62. The lowest BCUT2D eigenvalue weighted by atomic mass is 9.87. The molecule has 0 unspecified atom stereocenters. The molecule has 0 N–H and O–H groups in total. The van der Waals surface area contributed by atoms with E-state index in [0.717, 1.165) is 30.5 Å². The molecule has 36 heavy (non-hydrogen) atoms. The summed E-state index contributed by atoms with van der Waals surface area (Å²) >= 11 is 0. The van der Waals surface area contributed by atoms with Crippen molar-refractivity contribution in [1.82, 2.24) is 9.47 Å². The minimum Gasteiger partial charge on any atom is -0.345 e. The van der Waals surface area contributed by atoms with Crippen LogP contribution in [0.1, 0.15) is 66.0 Å². The molecular weight excluding hydrogens is 440 g/mol. The molecule has 0 saturated heterocycles. The lowest BCUT2D eigenvalue weighted by Gasteiger charge is -2.37. The highest BCUT2D eigenvalue weighted by molar-refractivity contribution is 5.87. The van der Waals surface area contributed by atoms with Gasteiger partial charge in [0.2, 0.25) is 5.91 Å². The van der Waals surface area contributed by atoms with E-state index in [9.17, 15) is 4.79 Å². The molecule has 1 aliphatic carbocycles. The van der Waals surface area contributed by atoms with Gasteiger partial charge in [0, 0.05) is 24.5 Å². The maximum absolute atomic E-state index is 14.5. The SMILES string of the molecule is Cc1cccc(Cn2cccc2CN(C(=O)C(c2ccccc2)c2ccccc2)C2CCCCC2)c1. The van der Waals surface area contributed by atoms with Crippen LogP contribution < -0.4 is 0 Å². The maximum Gasteiger partial charge on any atom is 0.235 e. The van der Waals surface area contributed by atoms with E-state index in [1.165, 1.54) is 36.1 Å². The Morgan fingerprint density at radius 3 is 2.14 bits per heavy atom. The number of carbonyl (C=O) groups is 1. The summed E-state index contributed by atoms with van der Waals surface area (Å²) in [6.45, 7) is 3.59. The summed E-state index contributed by atoms with van der Waals surface area (Å²) in [5, 5.41) is 0. The van der Waals surface area contributed by atoms with Crippen molar-refractivity contribution in [2.45, 2.75) is 64.1 Å². The number of carbonyl (C=O) groups excluding carboxylic acids is 1. The lowest BCUT2D eigenvalue weighted by Crippen LogP contribution is -2.44. The second-order valence-corrected chi connectivity index (χ2v) is 10.1. The van der Waals surface area contributed by atoms with Crippen LogP contribution in [0.4, 0.5) is 0 Å². The fourth-order valence-corrected chi connectivity index (χ4v) is 5.64. The average molecular weight is 477 g/mol. The number of hydrogen-bond acceptors (Lipinski definition) is 1. The first-order chi connectivity index (χ1) is 17.7. The molecule has 5 rings (SSSR count). The minimum atomic E-state index is -0.297. The van der Waals surface area contributed by atoms with Crippen molar-refractivity contribution in [3.8, 4) is 0 Å². The molecule has 0 radical (unpaired) electrons. The van der Waals surface area contributed by atoms with E-state index in [1.54, 1.807) is 0 Å². The van der Waals surface area contributed by atoms with Gasteiger partial charge in [-0.1, -0.05) is 110 Å². The van der Waals surface area contributed by atoms with Gasteiger partial charge in [-0.05, 0) is 48.6 Å². The standard InChI is InChI=1S/C33H36N2O/c1-26-13-11-14-27(23-26)24-34-22-12-21-31(34)25-35(30-19-9-4-10-20-30)33(36)32(28-15-5-2-6-16-28)29-17-7-3-8-18-29/h2-3,5-8,11-18,21-23,30,32H,4,9-10,19-20,24-25H2,1H3. The van der Waals surface area contributed by atoms with Gasteiger partial charge in [-0.2, -0.15) is 0 Å². The molecule has 0 bridgehead atoms. The fraction of sp³-hybridized carbons (Fsp3) is 0.303. The van der Waals surface area contributed by atoms with E-state index in [4.69, 9.17) is 0 Å². The molecule has 3 nitrogen and oxygen atoms in total. The maximum atomic E-state index is 14.5. The number of benzene rings is 3. The van der Waals surface area contributed by atoms with Gasteiger partial charge >= 0.3 is 0 Å². The quantitative estimate of drug-likeness (QED) is 0.261. The highest BCUT2D eigenvalue weighted by atomic mass is 16.2. The molecule has 3 aromatic carbocycles. The van der Waals surface area contributed by atoms with Crippen molar-refractivity contribution < 1.29 is 4.79 Å². The largest absolute Gasteiger partial charge is 0.345 e. The molecule has 0 aliphatic heterocycles. The van der Waals surface area contributed by atoms with E-state index in [1.807, 2.05) is 36.4 Å². The Labute approximate surface area is 215 Å². The van der Waals surface area contributed by atoms with Crippen LogP contribution in [-0.4, -0.2) is 21.4 Å². The first-order valence-corrected chi connectivity index (χ1v) is 13.3. The van der Waals surface area contributed by atoms with Gasteiger partial charge < -0.3 is 9.47 Å². The molecule has 0 atom stereocenters. The van der Waals surface area contributed by atoms with E-state index in [0.29, 0.717) is 6.54 Å². The molecule has 0 spiro atoms. The number of amides is 1. The van der Waals surface area contributed by atoms with Crippen LogP contribution in [0.2, 0.25) is 0 Å². The van der Waals surface area contributed by atoms with Crippen molar-refractivity contribution in [2.75, 3.05) is 0 Å². The molecule has 4 aromatic rings. The number of aryl methyl sites for hydroxylation is 1. The Bertz CT molecular complexity index is 1220. The molecule has 1 aliphatic rings.